The third-order valence-corrected chi connectivity index (χ3v) is 2.50. The average molecular weight is 233 g/mol. The predicted molar refractivity (Wildman–Crippen MR) is 63.3 cm³/mol. The van der Waals surface area contributed by atoms with Crippen LogP contribution < -0.4 is 5.32 Å². The van der Waals surface area contributed by atoms with Gasteiger partial charge in [0.2, 0.25) is 0 Å². The molecule has 2 aromatic rings. The van der Waals surface area contributed by atoms with Crippen molar-refractivity contribution < 1.29 is 8.78 Å². The van der Waals surface area contributed by atoms with Gasteiger partial charge in [-0.25, -0.2) is 8.78 Å². The number of rotatable bonds is 4. The second kappa shape index (κ2) is 5.55. The zero-order chi connectivity index (χ0) is 12.1. The highest BCUT2D eigenvalue weighted by atomic mass is 19.1. The Morgan fingerprint density at radius 1 is 0.882 bits per heavy atom. The van der Waals surface area contributed by atoms with E-state index in [0.29, 0.717) is 18.7 Å². The average Bonchev–Trinajstić information content (AvgIpc) is 2.33. The molecule has 0 saturated heterocycles. The lowest BCUT2D eigenvalue weighted by Crippen LogP contribution is -2.13. The van der Waals surface area contributed by atoms with E-state index in [9.17, 15) is 8.78 Å². The van der Waals surface area contributed by atoms with E-state index in [1.54, 1.807) is 0 Å². The molecule has 0 unspecified atom stereocenters. The normalized spacial score (nSPS) is 10.5. The van der Waals surface area contributed by atoms with Gasteiger partial charge in [-0.1, -0.05) is 36.4 Å². The molecule has 0 aliphatic heterocycles. The van der Waals surface area contributed by atoms with E-state index in [1.165, 1.54) is 12.1 Å². The highest BCUT2D eigenvalue weighted by molar-refractivity contribution is 5.19. The van der Waals surface area contributed by atoms with Gasteiger partial charge in [-0.15, -0.1) is 0 Å². The maximum Gasteiger partial charge on any atom is 0.130 e. The molecule has 0 spiro atoms. The summed E-state index contributed by atoms with van der Waals surface area (Å²) in [5, 5.41) is 3.12. The van der Waals surface area contributed by atoms with E-state index in [-0.39, 0.29) is 0 Å². The fourth-order valence-corrected chi connectivity index (χ4v) is 1.60. The van der Waals surface area contributed by atoms with Gasteiger partial charge in [-0.3, -0.25) is 0 Å². The number of halogens is 2. The molecule has 0 atom stereocenters. The van der Waals surface area contributed by atoms with Gasteiger partial charge in [0.1, 0.15) is 11.6 Å². The summed E-state index contributed by atoms with van der Waals surface area (Å²) in [6.45, 7) is 1.05. The molecule has 1 N–H and O–H groups in total. The van der Waals surface area contributed by atoms with Crippen molar-refractivity contribution in [2.24, 2.45) is 0 Å². The van der Waals surface area contributed by atoms with Gasteiger partial charge >= 0.3 is 0 Å². The first-order valence-electron chi connectivity index (χ1n) is 5.44. The van der Waals surface area contributed by atoms with Gasteiger partial charge < -0.3 is 5.32 Å². The van der Waals surface area contributed by atoms with Crippen molar-refractivity contribution in [3.63, 3.8) is 0 Å². The molecule has 0 heterocycles. The predicted octanol–water partition coefficient (Wildman–Crippen LogP) is 3.25. The van der Waals surface area contributed by atoms with Gasteiger partial charge in [0.25, 0.3) is 0 Å². The Bertz CT molecular complexity index is 483. The van der Waals surface area contributed by atoms with Crippen LogP contribution in [0.5, 0.6) is 0 Å². The van der Waals surface area contributed by atoms with Crippen LogP contribution in [0.25, 0.3) is 0 Å². The lowest BCUT2D eigenvalue weighted by molar-refractivity contribution is 0.560. The van der Waals surface area contributed by atoms with Gasteiger partial charge in [0, 0.05) is 24.7 Å². The summed E-state index contributed by atoms with van der Waals surface area (Å²) in [4.78, 5) is 0. The molecular weight excluding hydrogens is 220 g/mol. The van der Waals surface area contributed by atoms with E-state index < -0.39 is 11.6 Å². The second-order valence-corrected chi connectivity index (χ2v) is 3.82. The second-order valence-electron chi connectivity index (χ2n) is 3.82. The minimum absolute atomic E-state index is 0.390. The molecule has 0 aliphatic carbocycles. The quantitative estimate of drug-likeness (QED) is 0.854. The third kappa shape index (κ3) is 3.36. The van der Waals surface area contributed by atoms with Crippen molar-refractivity contribution >= 4 is 0 Å². The molecule has 0 fully saturated rings. The van der Waals surface area contributed by atoms with Gasteiger partial charge in [-0.2, -0.15) is 0 Å². The molecule has 0 amide bonds. The van der Waals surface area contributed by atoms with Gasteiger partial charge in [0.15, 0.2) is 0 Å². The summed E-state index contributed by atoms with van der Waals surface area (Å²) in [7, 11) is 0. The fourth-order valence-electron chi connectivity index (χ4n) is 1.60. The summed E-state index contributed by atoms with van der Waals surface area (Å²) in [5.41, 5.74) is 1.61. The SMILES string of the molecule is Fc1ccc(CNCc2ccccc2)c(F)c1. The minimum Gasteiger partial charge on any atom is -0.309 e. The van der Waals surface area contributed by atoms with Crippen LogP contribution in [-0.4, -0.2) is 0 Å². The molecule has 0 saturated carbocycles. The zero-order valence-corrected chi connectivity index (χ0v) is 9.29. The summed E-state index contributed by atoms with van der Waals surface area (Å²) < 4.78 is 26.0. The first-order chi connectivity index (χ1) is 8.25. The monoisotopic (exact) mass is 233 g/mol. The summed E-state index contributed by atoms with van der Waals surface area (Å²) in [5.74, 6) is -1.06. The smallest absolute Gasteiger partial charge is 0.130 e. The van der Waals surface area contributed by atoms with Crippen LogP contribution in [0.1, 0.15) is 11.1 Å². The van der Waals surface area contributed by atoms with E-state index >= 15 is 0 Å². The van der Waals surface area contributed by atoms with Crippen molar-refractivity contribution in [2.75, 3.05) is 0 Å². The number of benzene rings is 2. The van der Waals surface area contributed by atoms with Crippen molar-refractivity contribution in [1.82, 2.24) is 5.32 Å². The molecule has 2 rings (SSSR count). The van der Waals surface area contributed by atoms with Crippen LogP contribution in [0.15, 0.2) is 48.5 Å². The Balaban J connectivity index is 1.90. The Labute approximate surface area is 99.1 Å². The van der Waals surface area contributed by atoms with Crippen LogP contribution in [-0.2, 0) is 13.1 Å². The Hall–Kier alpha value is -1.74. The molecule has 0 bridgehead atoms. The highest BCUT2D eigenvalue weighted by Crippen LogP contribution is 2.09. The maximum atomic E-state index is 13.3. The van der Waals surface area contributed by atoms with E-state index in [2.05, 4.69) is 5.32 Å². The molecule has 2 aromatic carbocycles. The summed E-state index contributed by atoms with van der Waals surface area (Å²) in [6.07, 6.45) is 0. The van der Waals surface area contributed by atoms with Crippen molar-refractivity contribution in [1.29, 1.82) is 0 Å². The van der Waals surface area contributed by atoms with Crippen LogP contribution in [0.3, 0.4) is 0 Å². The Morgan fingerprint density at radius 3 is 2.35 bits per heavy atom. The summed E-state index contributed by atoms with van der Waals surface area (Å²) in [6, 6.07) is 13.5. The van der Waals surface area contributed by atoms with Gasteiger partial charge in [0.05, 0.1) is 0 Å². The number of hydrogen-bond donors (Lipinski definition) is 1. The zero-order valence-electron chi connectivity index (χ0n) is 9.29. The number of hydrogen-bond acceptors (Lipinski definition) is 1. The van der Waals surface area contributed by atoms with Crippen LogP contribution in [0.2, 0.25) is 0 Å². The molecular formula is C14H13F2N. The lowest BCUT2D eigenvalue weighted by Gasteiger charge is -2.06. The Morgan fingerprint density at radius 2 is 1.65 bits per heavy atom. The summed E-state index contributed by atoms with van der Waals surface area (Å²) >= 11 is 0. The topological polar surface area (TPSA) is 12.0 Å². The molecule has 0 aromatic heterocycles. The Kier molecular flexibility index (Phi) is 3.83. The first kappa shape index (κ1) is 11.7. The minimum atomic E-state index is -0.547. The third-order valence-electron chi connectivity index (χ3n) is 2.50. The standard InChI is InChI=1S/C14H13F2N/c15-13-7-6-12(14(16)8-13)10-17-9-11-4-2-1-3-5-11/h1-8,17H,9-10H2. The van der Waals surface area contributed by atoms with Crippen molar-refractivity contribution in [3.8, 4) is 0 Å². The van der Waals surface area contributed by atoms with Crippen molar-refractivity contribution in [2.45, 2.75) is 13.1 Å². The maximum absolute atomic E-state index is 13.3. The largest absolute Gasteiger partial charge is 0.309 e. The van der Waals surface area contributed by atoms with E-state index in [0.717, 1.165) is 11.6 Å². The molecule has 1 nitrogen and oxygen atoms in total. The van der Waals surface area contributed by atoms with Crippen molar-refractivity contribution in [3.05, 3.63) is 71.3 Å². The van der Waals surface area contributed by atoms with Crippen LogP contribution in [0, 0.1) is 11.6 Å². The molecule has 17 heavy (non-hydrogen) atoms. The number of nitrogens with one attached hydrogen (secondary N) is 1. The lowest BCUT2D eigenvalue weighted by atomic mass is 10.2. The highest BCUT2D eigenvalue weighted by Gasteiger charge is 2.02. The fraction of sp³-hybridized carbons (Fsp3) is 0.143. The first-order valence-corrected chi connectivity index (χ1v) is 5.44. The van der Waals surface area contributed by atoms with Gasteiger partial charge in [-0.05, 0) is 11.6 Å². The molecule has 0 radical (unpaired) electrons. The molecule has 0 aliphatic rings. The molecule has 3 heteroatoms. The van der Waals surface area contributed by atoms with E-state index in [1.807, 2.05) is 30.3 Å². The van der Waals surface area contributed by atoms with Crippen LogP contribution >= 0.6 is 0 Å². The van der Waals surface area contributed by atoms with Crippen LogP contribution in [0.4, 0.5) is 8.78 Å². The molecule has 88 valence electrons. The van der Waals surface area contributed by atoms with E-state index in [4.69, 9.17) is 0 Å².